The first-order valence-electron chi connectivity index (χ1n) is 10.0. The minimum Gasteiger partial charge on any atom is -0.389 e. The summed E-state index contributed by atoms with van der Waals surface area (Å²) in [4.78, 5) is 10.4. The number of aliphatic hydroxyl groups is 1. The van der Waals surface area contributed by atoms with E-state index in [2.05, 4.69) is 59.6 Å². The van der Waals surface area contributed by atoms with Gasteiger partial charge < -0.3 is 15.7 Å². The van der Waals surface area contributed by atoms with Crippen LogP contribution >= 0.6 is 19.3 Å². The molecule has 0 aliphatic rings. The molecule has 4 rings (SSSR count). The van der Waals surface area contributed by atoms with Crippen LogP contribution in [-0.4, -0.2) is 43.8 Å². The van der Waals surface area contributed by atoms with Crippen molar-refractivity contribution in [3.63, 3.8) is 0 Å². The van der Waals surface area contributed by atoms with Crippen LogP contribution in [0.15, 0.2) is 42.0 Å². The maximum atomic E-state index is 10.0. The Morgan fingerprint density at radius 3 is 2.68 bits per heavy atom. The number of nitrogens with one attached hydrogen (secondary N) is 2. The molecule has 3 aromatic heterocycles. The summed E-state index contributed by atoms with van der Waals surface area (Å²) in [5.74, 6) is 1.30. The molecule has 0 spiro atoms. The summed E-state index contributed by atoms with van der Waals surface area (Å²) in [6.07, 6.45) is 3.55. The fourth-order valence-electron chi connectivity index (χ4n) is 3.37. The quantitative estimate of drug-likeness (QED) is 0.347. The Balaban J connectivity index is 1.68. The third-order valence-corrected chi connectivity index (χ3v) is 7.04. The summed E-state index contributed by atoms with van der Waals surface area (Å²) < 4.78 is 1.70. The molecule has 0 saturated heterocycles. The van der Waals surface area contributed by atoms with E-state index in [1.54, 1.807) is 36.1 Å². The first-order valence-corrected chi connectivity index (χ1v) is 13.1. The van der Waals surface area contributed by atoms with Gasteiger partial charge in [-0.1, -0.05) is 26.1 Å². The molecular weight excluding hydrogens is 427 g/mol. The van der Waals surface area contributed by atoms with E-state index < -0.39 is 5.60 Å². The molecule has 0 fully saturated rings. The van der Waals surface area contributed by atoms with Gasteiger partial charge in [0.05, 0.1) is 29.4 Å². The van der Waals surface area contributed by atoms with Crippen LogP contribution in [0.1, 0.15) is 19.4 Å². The SMILES string of the molecule is Cc1csc2nc(Nc3cnn(CC(C)(C)O)c3)nc(Nc3ccccc3P(C)C)c12. The topological polar surface area (TPSA) is 87.9 Å². The molecule has 0 aliphatic carbocycles. The monoisotopic (exact) mass is 454 g/mol. The van der Waals surface area contributed by atoms with E-state index in [1.165, 1.54) is 5.30 Å². The largest absolute Gasteiger partial charge is 0.389 e. The lowest BCUT2D eigenvalue weighted by Gasteiger charge is -2.16. The number of benzene rings is 1. The molecule has 3 heterocycles. The molecular formula is C22H27N6OPS. The van der Waals surface area contributed by atoms with Gasteiger partial charge in [0.15, 0.2) is 0 Å². The zero-order chi connectivity index (χ0) is 22.2. The molecule has 0 radical (unpaired) electrons. The van der Waals surface area contributed by atoms with E-state index in [1.807, 2.05) is 12.3 Å². The van der Waals surface area contributed by atoms with E-state index in [0.717, 1.165) is 33.0 Å². The maximum absolute atomic E-state index is 10.0. The molecule has 162 valence electrons. The Morgan fingerprint density at radius 1 is 1.16 bits per heavy atom. The summed E-state index contributed by atoms with van der Waals surface area (Å²) in [6, 6.07) is 8.39. The lowest BCUT2D eigenvalue weighted by atomic mass is 10.1. The van der Waals surface area contributed by atoms with Gasteiger partial charge in [0.1, 0.15) is 10.6 Å². The number of rotatable bonds is 7. The molecule has 7 nitrogen and oxygen atoms in total. The molecule has 31 heavy (non-hydrogen) atoms. The second-order valence-electron chi connectivity index (χ2n) is 8.40. The van der Waals surface area contributed by atoms with Gasteiger partial charge in [0, 0.05) is 11.9 Å². The van der Waals surface area contributed by atoms with Crippen molar-refractivity contribution in [1.29, 1.82) is 0 Å². The lowest BCUT2D eigenvalue weighted by Crippen LogP contribution is -2.26. The van der Waals surface area contributed by atoms with Crippen molar-refractivity contribution < 1.29 is 5.11 Å². The Bertz CT molecular complexity index is 1210. The van der Waals surface area contributed by atoms with Crippen LogP contribution < -0.4 is 15.9 Å². The van der Waals surface area contributed by atoms with E-state index in [-0.39, 0.29) is 7.92 Å². The number of fused-ring (bicyclic) bond motifs is 1. The third kappa shape index (κ3) is 5.03. The summed E-state index contributed by atoms with van der Waals surface area (Å²) in [5.41, 5.74) is 2.16. The standard InChI is InChI=1S/C22H27N6OPS/c1-14-12-31-20-18(14)19(25-16-8-6-7-9-17(16)30(4)5)26-21(27-20)24-15-10-23-28(11-15)13-22(2,3)29/h6-12,29H,13H2,1-5H3,(H2,24,25,26,27). The summed E-state index contributed by atoms with van der Waals surface area (Å²) >= 11 is 1.61. The Hall–Kier alpha value is -2.54. The lowest BCUT2D eigenvalue weighted by molar-refractivity contribution is 0.0578. The van der Waals surface area contributed by atoms with Crippen molar-refractivity contribution in [3.8, 4) is 0 Å². The van der Waals surface area contributed by atoms with Crippen LogP contribution in [0.2, 0.25) is 0 Å². The van der Waals surface area contributed by atoms with Gasteiger partial charge in [-0.2, -0.15) is 10.1 Å². The van der Waals surface area contributed by atoms with Crippen molar-refractivity contribution in [3.05, 3.63) is 47.6 Å². The predicted octanol–water partition coefficient (Wildman–Crippen LogP) is 4.82. The van der Waals surface area contributed by atoms with Crippen LogP contribution in [0.5, 0.6) is 0 Å². The average Bonchev–Trinajstić information content (AvgIpc) is 3.27. The summed E-state index contributed by atoms with van der Waals surface area (Å²) in [6.45, 7) is 10.5. The van der Waals surface area contributed by atoms with Gasteiger partial charge in [0.2, 0.25) is 5.95 Å². The van der Waals surface area contributed by atoms with Gasteiger partial charge in [-0.25, -0.2) is 4.98 Å². The van der Waals surface area contributed by atoms with Gasteiger partial charge in [-0.05, 0) is 56.4 Å². The molecule has 0 atom stereocenters. The highest BCUT2D eigenvalue weighted by Gasteiger charge is 2.16. The molecule has 1 aromatic carbocycles. The summed E-state index contributed by atoms with van der Waals surface area (Å²) in [5, 5.41) is 25.6. The van der Waals surface area contributed by atoms with Crippen LogP contribution in [0.25, 0.3) is 10.2 Å². The van der Waals surface area contributed by atoms with E-state index in [4.69, 9.17) is 9.97 Å². The van der Waals surface area contributed by atoms with Gasteiger partial charge in [-0.3, -0.25) is 4.68 Å². The fraction of sp³-hybridized carbons (Fsp3) is 0.318. The van der Waals surface area contributed by atoms with E-state index in [0.29, 0.717) is 12.5 Å². The predicted molar refractivity (Wildman–Crippen MR) is 132 cm³/mol. The number of aryl methyl sites for hydroxylation is 1. The molecule has 0 amide bonds. The number of para-hydroxylation sites is 1. The highest BCUT2D eigenvalue weighted by atomic mass is 32.1. The minimum atomic E-state index is -0.838. The number of aromatic nitrogens is 4. The first-order chi connectivity index (χ1) is 14.7. The Morgan fingerprint density at radius 2 is 1.94 bits per heavy atom. The number of anilines is 4. The second-order valence-corrected chi connectivity index (χ2v) is 11.5. The summed E-state index contributed by atoms with van der Waals surface area (Å²) in [7, 11) is -0.259. The van der Waals surface area contributed by atoms with Crippen LogP contribution in [0.3, 0.4) is 0 Å². The third-order valence-electron chi connectivity index (χ3n) is 4.69. The maximum Gasteiger partial charge on any atom is 0.230 e. The zero-order valence-corrected chi connectivity index (χ0v) is 20.1. The van der Waals surface area contributed by atoms with E-state index in [9.17, 15) is 5.11 Å². The zero-order valence-electron chi connectivity index (χ0n) is 18.3. The average molecular weight is 455 g/mol. The van der Waals surface area contributed by atoms with Gasteiger partial charge >= 0.3 is 0 Å². The van der Waals surface area contributed by atoms with E-state index >= 15 is 0 Å². The van der Waals surface area contributed by atoms with Crippen LogP contribution in [0.4, 0.5) is 23.1 Å². The smallest absolute Gasteiger partial charge is 0.230 e. The molecule has 3 N–H and O–H groups in total. The van der Waals surface area contributed by atoms with Gasteiger partial charge in [-0.15, -0.1) is 11.3 Å². The van der Waals surface area contributed by atoms with Crippen molar-refractivity contribution >= 4 is 57.9 Å². The highest BCUT2D eigenvalue weighted by Crippen LogP contribution is 2.34. The van der Waals surface area contributed by atoms with Crippen molar-refractivity contribution in [1.82, 2.24) is 19.7 Å². The first kappa shape index (κ1) is 21.7. The fourth-order valence-corrected chi connectivity index (χ4v) is 5.28. The van der Waals surface area contributed by atoms with Crippen LogP contribution in [0, 0.1) is 6.92 Å². The molecule has 4 aromatic rings. The van der Waals surface area contributed by atoms with Gasteiger partial charge in [0.25, 0.3) is 0 Å². The number of thiophene rings is 1. The number of hydrogen-bond donors (Lipinski definition) is 3. The molecule has 0 aliphatic heterocycles. The minimum absolute atomic E-state index is 0.259. The molecule has 0 saturated carbocycles. The number of nitrogens with zero attached hydrogens (tertiary/aromatic N) is 4. The van der Waals surface area contributed by atoms with Crippen molar-refractivity contribution in [2.45, 2.75) is 32.9 Å². The molecule has 0 unspecified atom stereocenters. The highest BCUT2D eigenvalue weighted by molar-refractivity contribution is 7.64. The van der Waals surface area contributed by atoms with Crippen molar-refractivity contribution in [2.24, 2.45) is 0 Å². The number of hydrogen-bond acceptors (Lipinski definition) is 7. The Kier molecular flexibility index (Phi) is 5.97. The normalized spacial score (nSPS) is 12.0. The van der Waals surface area contributed by atoms with Crippen LogP contribution in [-0.2, 0) is 6.54 Å². The Labute approximate surface area is 187 Å². The van der Waals surface area contributed by atoms with Crippen molar-refractivity contribution in [2.75, 3.05) is 24.0 Å². The molecule has 0 bridgehead atoms. The second kappa shape index (κ2) is 8.54. The molecule has 9 heteroatoms.